The van der Waals surface area contributed by atoms with Crippen LogP contribution in [0.5, 0.6) is 11.5 Å². The van der Waals surface area contributed by atoms with Crippen LogP contribution in [0.4, 0.5) is 0 Å². The second kappa shape index (κ2) is 4.20. The maximum atomic E-state index is 12.1. The van der Waals surface area contributed by atoms with Gasteiger partial charge in [0.25, 0.3) is 11.8 Å². The van der Waals surface area contributed by atoms with E-state index in [0.717, 1.165) is 39.8 Å². The van der Waals surface area contributed by atoms with Crippen molar-refractivity contribution in [3.63, 3.8) is 0 Å². The number of para-hydroxylation sites is 1. The normalized spacial score (nSPS) is 14.8. The molecule has 0 spiro atoms. The Labute approximate surface area is 131 Å². The van der Waals surface area contributed by atoms with Gasteiger partial charge in [0, 0.05) is 12.0 Å². The van der Waals surface area contributed by atoms with E-state index in [9.17, 15) is 9.59 Å². The first kappa shape index (κ1) is 12.4. The van der Waals surface area contributed by atoms with Crippen LogP contribution in [0.25, 0.3) is 10.8 Å². The van der Waals surface area contributed by atoms with Crippen LogP contribution in [0.15, 0.2) is 48.5 Å². The summed E-state index contributed by atoms with van der Waals surface area (Å²) in [6.07, 6.45) is 0.747. The summed E-state index contributed by atoms with van der Waals surface area (Å²) >= 11 is 0. The molecule has 0 fully saturated rings. The molecule has 0 atom stereocenters. The van der Waals surface area contributed by atoms with E-state index in [1.165, 1.54) is 0 Å². The Morgan fingerprint density at radius 3 is 2.57 bits per heavy atom. The topological polar surface area (TPSA) is 55.4 Å². The van der Waals surface area contributed by atoms with Gasteiger partial charge in [-0.25, -0.2) is 0 Å². The van der Waals surface area contributed by atoms with Gasteiger partial charge in [0.05, 0.1) is 11.1 Å². The molecule has 23 heavy (non-hydrogen) atoms. The lowest BCUT2D eigenvalue weighted by Gasteiger charge is -2.22. The third-order valence-corrected chi connectivity index (χ3v) is 4.53. The van der Waals surface area contributed by atoms with E-state index in [-0.39, 0.29) is 11.8 Å². The molecule has 4 nitrogen and oxygen atoms in total. The third-order valence-electron chi connectivity index (χ3n) is 4.53. The third kappa shape index (κ3) is 1.60. The van der Waals surface area contributed by atoms with Gasteiger partial charge in [0.15, 0.2) is 0 Å². The molecule has 2 aliphatic rings. The second-order valence-corrected chi connectivity index (χ2v) is 5.80. The van der Waals surface area contributed by atoms with Gasteiger partial charge in [0.1, 0.15) is 11.5 Å². The minimum atomic E-state index is -0.328. The van der Waals surface area contributed by atoms with Crippen LogP contribution < -0.4 is 10.1 Å². The Bertz CT molecular complexity index is 1040. The lowest BCUT2D eigenvalue weighted by Crippen LogP contribution is -2.20. The van der Waals surface area contributed by atoms with E-state index in [2.05, 4.69) is 5.32 Å². The summed E-state index contributed by atoms with van der Waals surface area (Å²) in [7, 11) is 0. The predicted molar refractivity (Wildman–Crippen MR) is 85.1 cm³/mol. The van der Waals surface area contributed by atoms with Gasteiger partial charge in [-0.1, -0.05) is 24.3 Å². The Hall–Kier alpha value is -3.14. The molecule has 5 rings (SSSR count). The van der Waals surface area contributed by atoms with Crippen LogP contribution >= 0.6 is 0 Å². The van der Waals surface area contributed by atoms with E-state index in [1.807, 2.05) is 42.5 Å². The highest BCUT2D eigenvalue weighted by Crippen LogP contribution is 2.41. The summed E-state index contributed by atoms with van der Waals surface area (Å²) < 4.78 is 5.99. The van der Waals surface area contributed by atoms with Crippen molar-refractivity contribution < 1.29 is 14.3 Å². The second-order valence-electron chi connectivity index (χ2n) is 5.80. The highest BCUT2D eigenvalue weighted by atomic mass is 16.5. The molecule has 3 aromatic carbocycles. The molecule has 2 heterocycles. The lowest BCUT2D eigenvalue weighted by molar-refractivity contribution is 0.0880. The first-order valence-corrected chi connectivity index (χ1v) is 7.42. The van der Waals surface area contributed by atoms with Crippen molar-refractivity contribution in [3.05, 3.63) is 70.8 Å². The molecule has 0 saturated heterocycles. The largest absolute Gasteiger partial charge is 0.457 e. The van der Waals surface area contributed by atoms with Crippen LogP contribution in [0.1, 0.15) is 31.8 Å². The average Bonchev–Trinajstić information content (AvgIpc) is 2.87. The number of hydrogen-bond donors (Lipinski definition) is 1. The number of ether oxygens (including phenoxy) is 1. The number of carbonyl (C=O) groups excluding carboxylic acids is 2. The van der Waals surface area contributed by atoms with Gasteiger partial charge in [-0.3, -0.25) is 14.9 Å². The minimum Gasteiger partial charge on any atom is -0.457 e. The first-order valence-electron chi connectivity index (χ1n) is 7.42. The Kier molecular flexibility index (Phi) is 2.26. The SMILES string of the molecule is O=C1NC(=O)c2c1ccc1c3c(ccc21)Oc1ccccc1C3. The van der Waals surface area contributed by atoms with Gasteiger partial charge in [-0.15, -0.1) is 0 Å². The standard InChI is InChI=1S/C19H11NO3/c21-18-13-6-5-11-12(17(13)19(22)20-18)7-8-16-14(11)9-10-3-1-2-4-15(10)23-16/h1-8H,9H2,(H,20,21,22). The molecule has 0 unspecified atom stereocenters. The molecule has 3 aromatic rings. The van der Waals surface area contributed by atoms with Gasteiger partial charge in [0.2, 0.25) is 0 Å². The van der Waals surface area contributed by atoms with Crippen molar-refractivity contribution in [1.29, 1.82) is 0 Å². The predicted octanol–water partition coefficient (Wildman–Crippen LogP) is 3.42. The van der Waals surface area contributed by atoms with Crippen LogP contribution in [0, 0.1) is 0 Å². The van der Waals surface area contributed by atoms with E-state index >= 15 is 0 Å². The summed E-state index contributed by atoms with van der Waals surface area (Å²) in [6, 6.07) is 15.3. The van der Waals surface area contributed by atoms with Gasteiger partial charge >= 0.3 is 0 Å². The molecule has 2 amide bonds. The zero-order valence-electron chi connectivity index (χ0n) is 12.1. The van der Waals surface area contributed by atoms with Crippen LogP contribution in [0.2, 0.25) is 0 Å². The molecular weight excluding hydrogens is 290 g/mol. The van der Waals surface area contributed by atoms with Crippen LogP contribution in [0.3, 0.4) is 0 Å². The average molecular weight is 301 g/mol. The van der Waals surface area contributed by atoms with E-state index in [1.54, 1.807) is 6.07 Å². The Balaban J connectivity index is 1.79. The van der Waals surface area contributed by atoms with Crippen molar-refractivity contribution in [1.82, 2.24) is 5.32 Å². The van der Waals surface area contributed by atoms with Crippen molar-refractivity contribution in [2.75, 3.05) is 0 Å². The van der Waals surface area contributed by atoms with Crippen molar-refractivity contribution in [2.24, 2.45) is 0 Å². The number of imide groups is 1. The summed E-state index contributed by atoms with van der Waals surface area (Å²) in [4.78, 5) is 23.9. The maximum Gasteiger partial charge on any atom is 0.259 e. The molecule has 1 N–H and O–H groups in total. The lowest BCUT2D eigenvalue weighted by atomic mass is 9.92. The number of rotatable bonds is 0. The minimum absolute atomic E-state index is 0.326. The smallest absolute Gasteiger partial charge is 0.259 e. The molecule has 4 heteroatoms. The van der Waals surface area contributed by atoms with Gasteiger partial charge in [-0.05, 0) is 40.6 Å². The number of fused-ring (bicyclic) bond motifs is 6. The quantitative estimate of drug-likeness (QED) is 0.506. The van der Waals surface area contributed by atoms with Gasteiger partial charge < -0.3 is 4.74 Å². The van der Waals surface area contributed by atoms with Crippen molar-refractivity contribution >= 4 is 22.6 Å². The Morgan fingerprint density at radius 2 is 1.65 bits per heavy atom. The Morgan fingerprint density at radius 1 is 0.826 bits per heavy atom. The number of benzene rings is 3. The molecule has 0 bridgehead atoms. The van der Waals surface area contributed by atoms with Crippen molar-refractivity contribution in [3.8, 4) is 11.5 Å². The summed E-state index contributed by atoms with van der Waals surface area (Å²) in [6.45, 7) is 0. The summed E-state index contributed by atoms with van der Waals surface area (Å²) in [5.41, 5.74) is 3.08. The highest BCUT2D eigenvalue weighted by molar-refractivity contribution is 6.26. The number of carbonyl (C=O) groups is 2. The van der Waals surface area contributed by atoms with Crippen LogP contribution in [-0.4, -0.2) is 11.8 Å². The van der Waals surface area contributed by atoms with Crippen molar-refractivity contribution in [2.45, 2.75) is 6.42 Å². The number of nitrogens with one attached hydrogen (secondary N) is 1. The molecule has 2 aliphatic heterocycles. The summed E-state index contributed by atoms with van der Waals surface area (Å²) in [5.74, 6) is 1.02. The zero-order chi connectivity index (χ0) is 15.6. The van der Waals surface area contributed by atoms with E-state index in [0.29, 0.717) is 11.1 Å². The van der Waals surface area contributed by atoms with Gasteiger partial charge in [-0.2, -0.15) is 0 Å². The zero-order valence-corrected chi connectivity index (χ0v) is 12.1. The number of amides is 2. The fourth-order valence-electron chi connectivity index (χ4n) is 3.45. The molecular formula is C19H11NO3. The maximum absolute atomic E-state index is 12.1. The number of hydrogen-bond acceptors (Lipinski definition) is 3. The highest BCUT2D eigenvalue weighted by Gasteiger charge is 2.30. The molecule has 0 aromatic heterocycles. The molecule has 0 saturated carbocycles. The monoisotopic (exact) mass is 301 g/mol. The molecule has 110 valence electrons. The molecule has 0 aliphatic carbocycles. The first-order chi connectivity index (χ1) is 11.2. The fourth-order valence-corrected chi connectivity index (χ4v) is 3.45. The van der Waals surface area contributed by atoms with Crippen LogP contribution in [-0.2, 0) is 6.42 Å². The summed E-state index contributed by atoms with van der Waals surface area (Å²) in [5, 5.41) is 4.12. The fraction of sp³-hybridized carbons (Fsp3) is 0.0526. The molecule has 0 radical (unpaired) electrons. The van der Waals surface area contributed by atoms with E-state index in [4.69, 9.17) is 4.74 Å². The van der Waals surface area contributed by atoms with E-state index < -0.39 is 0 Å².